The van der Waals surface area contributed by atoms with E-state index in [1.54, 1.807) is 0 Å². The highest BCUT2D eigenvalue weighted by molar-refractivity contribution is 7.17. The summed E-state index contributed by atoms with van der Waals surface area (Å²) in [7, 11) is 0. The largest absolute Gasteiger partial charge is 0.314 e. The monoisotopic (exact) mass is 288 g/mol. The van der Waals surface area contributed by atoms with Gasteiger partial charge in [-0.25, -0.2) is 0 Å². The summed E-state index contributed by atoms with van der Waals surface area (Å²) in [4.78, 5) is 2.66. The Kier molecular flexibility index (Phi) is 3.85. The minimum Gasteiger partial charge on any atom is -0.314 e. The Hall–Kier alpha value is -0.900. The molecule has 0 aliphatic carbocycles. The lowest BCUT2D eigenvalue weighted by molar-refractivity contribution is 0.0693. The number of hydrogen-bond acceptors (Lipinski definition) is 3. The fourth-order valence-corrected chi connectivity index (χ4v) is 4.12. The summed E-state index contributed by atoms with van der Waals surface area (Å²) in [6.45, 7) is 11.5. The number of benzene rings is 1. The van der Waals surface area contributed by atoms with Crippen molar-refractivity contribution in [2.24, 2.45) is 5.41 Å². The Bertz CT molecular complexity index is 582. The first kappa shape index (κ1) is 14.1. The number of piperazine rings is 1. The van der Waals surface area contributed by atoms with Crippen LogP contribution in [0.5, 0.6) is 0 Å². The highest BCUT2D eigenvalue weighted by Gasteiger charge is 2.32. The van der Waals surface area contributed by atoms with E-state index in [1.165, 1.54) is 15.6 Å². The van der Waals surface area contributed by atoms with Crippen LogP contribution in [0, 0.1) is 5.41 Å². The molecule has 1 unspecified atom stereocenters. The van der Waals surface area contributed by atoms with Gasteiger partial charge < -0.3 is 5.32 Å². The summed E-state index contributed by atoms with van der Waals surface area (Å²) >= 11 is 1.87. The molecule has 2 nitrogen and oxygen atoms in total. The zero-order valence-corrected chi connectivity index (χ0v) is 13.5. The minimum atomic E-state index is 0.319. The van der Waals surface area contributed by atoms with Gasteiger partial charge >= 0.3 is 0 Å². The Morgan fingerprint density at radius 1 is 1.30 bits per heavy atom. The molecule has 0 bridgehead atoms. The average molecular weight is 288 g/mol. The van der Waals surface area contributed by atoms with E-state index in [4.69, 9.17) is 0 Å². The van der Waals surface area contributed by atoms with Crippen LogP contribution in [0.3, 0.4) is 0 Å². The first-order valence-electron chi connectivity index (χ1n) is 7.45. The van der Waals surface area contributed by atoms with Crippen LogP contribution >= 0.6 is 11.3 Å². The zero-order chi connectivity index (χ0) is 14.2. The van der Waals surface area contributed by atoms with Crippen molar-refractivity contribution >= 4 is 21.4 Å². The van der Waals surface area contributed by atoms with Crippen molar-refractivity contribution in [3.8, 4) is 0 Å². The van der Waals surface area contributed by atoms with Gasteiger partial charge in [-0.15, -0.1) is 11.3 Å². The average Bonchev–Trinajstić information content (AvgIpc) is 2.82. The van der Waals surface area contributed by atoms with E-state index in [-0.39, 0.29) is 0 Å². The normalized spacial score (nSPS) is 21.4. The van der Waals surface area contributed by atoms with Crippen molar-refractivity contribution in [1.82, 2.24) is 10.2 Å². The van der Waals surface area contributed by atoms with Gasteiger partial charge in [-0.2, -0.15) is 0 Å². The molecule has 2 heterocycles. The lowest BCUT2D eigenvalue weighted by atomic mass is 9.84. The molecule has 1 aliphatic heterocycles. The summed E-state index contributed by atoms with van der Waals surface area (Å²) in [5.41, 5.74) is 1.81. The maximum atomic E-state index is 3.55. The number of rotatable bonds is 2. The van der Waals surface area contributed by atoms with Crippen molar-refractivity contribution in [3.63, 3.8) is 0 Å². The molecule has 0 spiro atoms. The Morgan fingerprint density at radius 3 is 2.90 bits per heavy atom. The van der Waals surface area contributed by atoms with Crippen LogP contribution in [-0.4, -0.2) is 30.6 Å². The van der Waals surface area contributed by atoms with Crippen molar-refractivity contribution in [2.75, 3.05) is 19.6 Å². The summed E-state index contributed by atoms with van der Waals surface area (Å²) in [6.07, 6.45) is 0. The van der Waals surface area contributed by atoms with Crippen molar-refractivity contribution in [1.29, 1.82) is 0 Å². The second kappa shape index (κ2) is 5.47. The summed E-state index contributed by atoms with van der Waals surface area (Å²) in [6, 6.07) is 9.37. The molecule has 3 rings (SSSR count). The third kappa shape index (κ3) is 2.76. The van der Waals surface area contributed by atoms with E-state index in [0.717, 1.165) is 26.2 Å². The van der Waals surface area contributed by atoms with Gasteiger partial charge in [-0.1, -0.05) is 39.0 Å². The maximum absolute atomic E-state index is 3.55. The van der Waals surface area contributed by atoms with Gasteiger partial charge in [0.1, 0.15) is 0 Å². The van der Waals surface area contributed by atoms with Gasteiger partial charge in [-0.3, -0.25) is 4.90 Å². The number of hydrogen-bond donors (Lipinski definition) is 1. The van der Waals surface area contributed by atoms with E-state index >= 15 is 0 Å². The molecule has 20 heavy (non-hydrogen) atoms. The van der Waals surface area contributed by atoms with Gasteiger partial charge in [0.15, 0.2) is 0 Å². The van der Waals surface area contributed by atoms with E-state index in [2.05, 4.69) is 60.6 Å². The van der Waals surface area contributed by atoms with Gasteiger partial charge in [0.05, 0.1) is 0 Å². The van der Waals surface area contributed by atoms with Crippen molar-refractivity contribution < 1.29 is 0 Å². The van der Waals surface area contributed by atoms with Gasteiger partial charge in [0, 0.05) is 36.9 Å². The molecule has 0 saturated carbocycles. The summed E-state index contributed by atoms with van der Waals surface area (Å²) < 4.78 is 1.41. The van der Waals surface area contributed by atoms with E-state index in [1.807, 2.05) is 11.3 Å². The van der Waals surface area contributed by atoms with Crippen molar-refractivity contribution in [2.45, 2.75) is 33.4 Å². The number of fused-ring (bicyclic) bond motifs is 1. The Labute approximate surface area is 125 Å². The maximum Gasteiger partial charge on any atom is 0.0346 e. The SMILES string of the molecule is CC(C)(C)C1CNCCN1Cc1csc2ccccc12. The number of nitrogens with one attached hydrogen (secondary N) is 1. The van der Waals surface area contributed by atoms with Gasteiger partial charge in [-0.05, 0) is 27.8 Å². The fraction of sp³-hybridized carbons (Fsp3) is 0.529. The molecule has 1 N–H and O–H groups in total. The molecular weight excluding hydrogens is 264 g/mol. The molecule has 1 aromatic carbocycles. The predicted molar refractivity (Wildman–Crippen MR) is 88.3 cm³/mol. The molecule has 1 aromatic heterocycles. The summed E-state index contributed by atoms with van der Waals surface area (Å²) in [5.74, 6) is 0. The van der Waals surface area contributed by atoms with Crippen LogP contribution in [0.15, 0.2) is 29.6 Å². The van der Waals surface area contributed by atoms with Crippen LogP contribution in [0.4, 0.5) is 0 Å². The number of nitrogens with zero attached hydrogens (tertiary/aromatic N) is 1. The molecule has 0 radical (unpaired) electrons. The van der Waals surface area contributed by atoms with Gasteiger partial charge in [0.2, 0.25) is 0 Å². The topological polar surface area (TPSA) is 15.3 Å². The first-order chi connectivity index (χ1) is 9.55. The smallest absolute Gasteiger partial charge is 0.0346 e. The van der Waals surface area contributed by atoms with E-state index in [9.17, 15) is 0 Å². The molecule has 0 amide bonds. The van der Waals surface area contributed by atoms with E-state index in [0.29, 0.717) is 11.5 Å². The predicted octanol–water partition coefficient (Wildman–Crippen LogP) is 3.72. The van der Waals surface area contributed by atoms with Crippen LogP contribution < -0.4 is 5.32 Å². The highest BCUT2D eigenvalue weighted by atomic mass is 32.1. The molecule has 3 heteroatoms. The molecule has 1 aliphatic rings. The lowest BCUT2D eigenvalue weighted by Gasteiger charge is -2.43. The highest BCUT2D eigenvalue weighted by Crippen LogP contribution is 2.30. The molecular formula is C17H24N2S. The lowest BCUT2D eigenvalue weighted by Crippen LogP contribution is -2.56. The fourth-order valence-electron chi connectivity index (χ4n) is 3.16. The standard InChI is InChI=1S/C17H24N2S/c1-17(2,3)16-10-18-8-9-19(16)11-13-12-20-15-7-5-4-6-14(13)15/h4-7,12,16,18H,8-11H2,1-3H3. The molecule has 1 fully saturated rings. The van der Waals surface area contributed by atoms with Crippen molar-refractivity contribution in [3.05, 3.63) is 35.2 Å². The molecule has 108 valence electrons. The third-order valence-electron chi connectivity index (χ3n) is 4.29. The Balaban J connectivity index is 1.85. The number of thiophene rings is 1. The molecule has 1 saturated heterocycles. The van der Waals surface area contributed by atoms with Gasteiger partial charge in [0.25, 0.3) is 0 Å². The quantitative estimate of drug-likeness (QED) is 0.906. The van der Waals surface area contributed by atoms with Crippen LogP contribution in [0.25, 0.3) is 10.1 Å². The first-order valence-corrected chi connectivity index (χ1v) is 8.33. The van der Waals surface area contributed by atoms with E-state index < -0.39 is 0 Å². The van der Waals surface area contributed by atoms with Crippen LogP contribution in [0.1, 0.15) is 26.3 Å². The zero-order valence-electron chi connectivity index (χ0n) is 12.6. The minimum absolute atomic E-state index is 0.319. The second-order valence-electron chi connectivity index (χ2n) is 6.81. The Morgan fingerprint density at radius 2 is 2.10 bits per heavy atom. The second-order valence-corrected chi connectivity index (χ2v) is 7.72. The van der Waals surface area contributed by atoms with Crippen LogP contribution in [0.2, 0.25) is 0 Å². The third-order valence-corrected chi connectivity index (χ3v) is 5.30. The van der Waals surface area contributed by atoms with Crippen LogP contribution in [-0.2, 0) is 6.54 Å². The summed E-state index contributed by atoms with van der Waals surface area (Å²) in [5, 5.41) is 7.32. The molecule has 1 atom stereocenters. The molecule has 2 aromatic rings.